The second kappa shape index (κ2) is 11.3. The highest BCUT2D eigenvalue weighted by Crippen LogP contribution is 2.37. The van der Waals surface area contributed by atoms with E-state index in [2.05, 4.69) is 26.1 Å². The summed E-state index contributed by atoms with van der Waals surface area (Å²) in [6.45, 7) is 0.183. The predicted octanol–water partition coefficient (Wildman–Crippen LogP) is 5.03. The number of urea groups is 1. The first-order valence-electron chi connectivity index (χ1n) is 11.4. The van der Waals surface area contributed by atoms with Gasteiger partial charge >= 0.3 is 6.03 Å². The highest BCUT2D eigenvalue weighted by atomic mass is 32.2. The molecule has 1 aliphatic heterocycles. The Balaban J connectivity index is 1.28. The second-order valence-electron chi connectivity index (χ2n) is 8.04. The van der Waals surface area contributed by atoms with Crippen molar-refractivity contribution in [3.63, 3.8) is 0 Å². The molecular weight excluding hydrogens is 510 g/mol. The molecule has 0 saturated heterocycles. The van der Waals surface area contributed by atoms with Gasteiger partial charge in [-0.3, -0.25) is 10.1 Å². The van der Waals surface area contributed by atoms with Crippen LogP contribution in [0.2, 0.25) is 0 Å². The van der Waals surface area contributed by atoms with Crippen molar-refractivity contribution in [1.82, 2.24) is 15.5 Å². The Labute approximate surface area is 221 Å². The number of anilines is 2. The van der Waals surface area contributed by atoms with Gasteiger partial charge < -0.3 is 20.1 Å². The van der Waals surface area contributed by atoms with Crippen LogP contribution in [0.25, 0.3) is 10.6 Å². The van der Waals surface area contributed by atoms with Gasteiger partial charge in [-0.15, -0.1) is 22.0 Å². The minimum atomic E-state index is -0.842. The molecule has 0 radical (unpaired) electrons. The quantitative estimate of drug-likeness (QED) is 0.272. The summed E-state index contributed by atoms with van der Waals surface area (Å²) in [5, 5.41) is 17.6. The normalized spacial score (nSPS) is 12.6. The molecule has 1 atom stereocenters. The monoisotopic (exact) mass is 533 g/mol. The van der Waals surface area contributed by atoms with Crippen molar-refractivity contribution in [2.45, 2.75) is 17.4 Å². The lowest BCUT2D eigenvalue weighted by Crippen LogP contribution is -2.46. The van der Waals surface area contributed by atoms with Gasteiger partial charge in [-0.1, -0.05) is 41.7 Å². The summed E-state index contributed by atoms with van der Waals surface area (Å²) in [6.07, 6.45) is 2.29. The summed E-state index contributed by atoms with van der Waals surface area (Å²) in [4.78, 5) is 27.1. The number of amides is 3. The fourth-order valence-corrected chi connectivity index (χ4v) is 4.82. The Morgan fingerprint density at radius 2 is 1.76 bits per heavy atom. The molecule has 11 heteroatoms. The first-order chi connectivity index (χ1) is 18.1. The van der Waals surface area contributed by atoms with Crippen molar-refractivity contribution >= 4 is 45.9 Å². The van der Waals surface area contributed by atoms with E-state index in [4.69, 9.17) is 9.47 Å². The average molecular weight is 534 g/mol. The number of aromatic nitrogens is 2. The smallest absolute Gasteiger partial charge is 0.319 e. The maximum atomic E-state index is 13.2. The molecule has 9 nitrogen and oxygen atoms in total. The largest absolute Gasteiger partial charge is 0.454 e. The summed E-state index contributed by atoms with van der Waals surface area (Å²) in [6, 6.07) is 21.1. The Morgan fingerprint density at radius 1 is 0.973 bits per heavy atom. The number of ether oxygens (including phenoxy) is 2. The van der Waals surface area contributed by atoms with Crippen LogP contribution in [0.1, 0.15) is 5.56 Å². The van der Waals surface area contributed by atoms with Crippen LogP contribution in [0.5, 0.6) is 11.5 Å². The van der Waals surface area contributed by atoms with E-state index in [1.165, 1.54) is 11.3 Å². The fraction of sp³-hybridized carbons (Fsp3) is 0.154. The number of fused-ring (bicyclic) bond motifs is 1. The van der Waals surface area contributed by atoms with Crippen LogP contribution in [-0.2, 0) is 11.2 Å². The van der Waals surface area contributed by atoms with Crippen LogP contribution in [0.3, 0.4) is 0 Å². The number of hydrogen-bond acceptors (Lipinski definition) is 8. The number of carbonyl (C=O) groups excluding carboxylic acids is 2. The molecule has 0 aliphatic carbocycles. The third-order valence-electron chi connectivity index (χ3n) is 5.53. The molecule has 1 aromatic heterocycles. The van der Waals surface area contributed by atoms with E-state index in [-0.39, 0.29) is 6.79 Å². The molecule has 3 aromatic carbocycles. The van der Waals surface area contributed by atoms with Gasteiger partial charge in [0.1, 0.15) is 11.0 Å². The highest BCUT2D eigenvalue weighted by Gasteiger charge is 2.23. The van der Waals surface area contributed by atoms with Gasteiger partial charge in [-0.25, -0.2) is 4.79 Å². The first kappa shape index (κ1) is 24.6. The van der Waals surface area contributed by atoms with Crippen molar-refractivity contribution in [1.29, 1.82) is 0 Å². The molecule has 5 rings (SSSR count). The van der Waals surface area contributed by atoms with Gasteiger partial charge in [-0.05, 0) is 54.3 Å². The standard InChI is InChI=1S/C26H23N5O4S2/c1-36-19-10-8-18(9-11-19)27-25(33)28-20(13-16-5-3-2-4-6-16)23(32)29-26-31-30-24(37-26)17-7-12-21-22(14-17)35-15-34-21/h2-12,14,20H,13,15H2,1H3,(H2,27,28,33)(H,29,31,32). The molecule has 1 unspecified atom stereocenters. The van der Waals surface area contributed by atoms with E-state index < -0.39 is 18.0 Å². The Morgan fingerprint density at radius 3 is 2.54 bits per heavy atom. The van der Waals surface area contributed by atoms with Crippen LogP contribution in [0, 0.1) is 0 Å². The number of nitrogens with zero attached hydrogens (tertiary/aromatic N) is 2. The number of carbonyl (C=O) groups is 2. The zero-order valence-corrected chi connectivity index (χ0v) is 21.4. The molecule has 37 heavy (non-hydrogen) atoms. The van der Waals surface area contributed by atoms with Crippen molar-refractivity contribution in [3.8, 4) is 22.1 Å². The van der Waals surface area contributed by atoms with E-state index in [1.54, 1.807) is 11.8 Å². The molecule has 3 N–H and O–H groups in total. The number of benzene rings is 3. The maximum absolute atomic E-state index is 13.2. The van der Waals surface area contributed by atoms with E-state index in [9.17, 15) is 9.59 Å². The summed E-state index contributed by atoms with van der Waals surface area (Å²) in [5.41, 5.74) is 2.34. The lowest BCUT2D eigenvalue weighted by Gasteiger charge is -2.18. The maximum Gasteiger partial charge on any atom is 0.319 e. The van der Waals surface area contributed by atoms with Gasteiger partial charge in [0.15, 0.2) is 11.5 Å². The average Bonchev–Trinajstić information content (AvgIpc) is 3.58. The minimum Gasteiger partial charge on any atom is -0.454 e. The van der Waals surface area contributed by atoms with Crippen molar-refractivity contribution in [2.75, 3.05) is 23.7 Å². The molecule has 0 fully saturated rings. The third kappa shape index (κ3) is 6.19. The topological polar surface area (TPSA) is 114 Å². The summed E-state index contributed by atoms with van der Waals surface area (Å²) >= 11 is 2.84. The molecule has 0 saturated carbocycles. The Hall–Kier alpha value is -4.09. The summed E-state index contributed by atoms with van der Waals surface area (Å²) in [5.74, 6) is 0.916. The molecule has 1 aliphatic rings. The zero-order valence-electron chi connectivity index (χ0n) is 19.8. The summed E-state index contributed by atoms with van der Waals surface area (Å²) in [7, 11) is 0. The van der Waals surface area contributed by atoms with Gasteiger partial charge in [0.25, 0.3) is 0 Å². The van der Waals surface area contributed by atoms with Crippen molar-refractivity contribution in [3.05, 3.63) is 78.4 Å². The van der Waals surface area contributed by atoms with E-state index in [0.717, 1.165) is 16.0 Å². The third-order valence-corrected chi connectivity index (χ3v) is 7.16. The van der Waals surface area contributed by atoms with Crippen LogP contribution in [-0.4, -0.2) is 41.2 Å². The first-order valence-corrected chi connectivity index (χ1v) is 13.4. The molecule has 2 heterocycles. The van der Waals surface area contributed by atoms with Gasteiger partial charge in [0.05, 0.1) is 0 Å². The van der Waals surface area contributed by atoms with E-state index >= 15 is 0 Å². The molecular formula is C26H23N5O4S2. The van der Waals surface area contributed by atoms with Gasteiger partial charge in [0.2, 0.25) is 17.8 Å². The van der Waals surface area contributed by atoms with Gasteiger partial charge in [-0.2, -0.15) is 0 Å². The molecule has 0 spiro atoms. The number of nitrogens with one attached hydrogen (secondary N) is 3. The minimum absolute atomic E-state index is 0.183. The Kier molecular flexibility index (Phi) is 7.52. The van der Waals surface area contributed by atoms with Crippen LogP contribution >= 0.6 is 23.1 Å². The molecule has 3 amide bonds. The van der Waals surface area contributed by atoms with E-state index in [1.807, 2.05) is 79.1 Å². The van der Waals surface area contributed by atoms with Crippen molar-refractivity contribution in [2.24, 2.45) is 0 Å². The molecule has 0 bridgehead atoms. The number of rotatable bonds is 8. The second-order valence-corrected chi connectivity index (χ2v) is 9.90. The van der Waals surface area contributed by atoms with Gasteiger partial charge in [0, 0.05) is 22.6 Å². The summed E-state index contributed by atoms with van der Waals surface area (Å²) < 4.78 is 10.8. The molecule has 4 aromatic rings. The SMILES string of the molecule is CSc1ccc(NC(=O)NC(Cc2ccccc2)C(=O)Nc2nnc(-c3ccc4c(c3)OCO4)s2)cc1. The van der Waals surface area contributed by atoms with Crippen LogP contribution < -0.4 is 25.4 Å². The lowest BCUT2D eigenvalue weighted by molar-refractivity contribution is -0.117. The molecule has 188 valence electrons. The lowest BCUT2D eigenvalue weighted by atomic mass is 10.1. The zero-order chi connectivity index (χ0) is 25.6. The fourth-order valence-electron chi connectivity index (χ4n) is 3.67. The van der Waals surface area contributed by atoms with Crippen LogP contribution in [0.15, 0.2) is 77.7 Å². The Bertz CT molecular complexity index is 1400. The van der Waals surface area contributed by atoms with Crippen LogP contribution in [0.4, 0.5) is 15.6 Å². The van der Waals surface area contributed by atoms with E-state index in [0.29, 0.717) is 33.7 Å². The number of hydrogen-bond donors (Lipinski definition) is 3. The number of thioether (sulfide) groups is 1. The predicted molar refractivity (Wildman–Crippen MR) is 144 cm³/mol. The van der Waals surface area contributed by atoms with Crippen molar-refractivity contribution < 1.29 is 19.1 Å². The highest BCUT2D eigenvalue weighted by molar-refractivity contribution is 7.98.